The van der Waals surface area contributed by atoms with Gasteiger partial charge in [-0.1, -0.05) is 44.2 Å². The maximum atomic E-state index is 14.2. The molecule has 2 aromatic carbocycles. The fourth-order valence-corrected chi connectivity index (χ4v) is 5.16. The van der Waals surface area contributed by atoms with E-state index >= 15 is 0 Å². The molecule has 0 unspecified atom stereocenters. The summed E-state index contributed by atoms with van der Waals surface area (Å²) >= 11 is 0. The van der Waals surface area contributed by atoms with E-state index in [4.69, 9.17) is 0 Å². The Morgan fingerprint density at radius 3 is 2.44 bits per heavy atom. The highest BCUT2D eigenvalue weighted by molar-refractivity contribution is 7.89. The van der Waals surface area contributed by atoms with E-state index in [2.05, 4.69) is 13.8 Å². The van der Waals surface area contributed by atoms with Crippen LogP contribution in [0.2, 0.25) is 0 Å². The number of benzene rings is 2. The van der Waals surface area contributed by atoms with Crippen molar-refractivity contribution >= 4 is 10.0 Å². The van der Waals surface area contributed by atoms with Crippen LogP contribution in [0.15, 0.2) is 53.4 Å². The minimum absolute atomic E-state index is 0.281. The standard InChI is InChI=1S/C20H24FNO2S/c1-15(2)14-16-9-11-17(12-10-16)25(23,24)22-13-5-8-20(22)18-6-3-4-7-19(18)21/h3-4,6-7,9-12,15,20H,5,8,13-14H2,1-2H3/t20-/m1/s1. The van der Waals surface area contributed by atoms with Gasteiger partial charge in [-0.05, 0) is 48.9 Å². The highest BCUT2D eigenvalue weighted by Gasteiger charge is 2.37. The van der Waals surface area contributed by atoms with Crippen LogP contribution < -0.4 is 0 Å². The van der Waals surface area contributed by atoms with Crippen LogP contribution in [0.4, 0.5) is 4.39 Å². The fourth-order valence-electron chi connectivity index (χ4n) is 3.49. The van der Waals surface area contributed by atoms with Crippen molar-refractivity contribution in [2.24, 2.45) is 5.92 Å². The molecule has 1 fully saturated rings. The summed E-state index contributed by atoms with van der Waals surface area (Å²) in [5.74, 6) is 0.174. The minimum Gasteiger partial charge on any atom is -0.207 e. The zero-order valence-electron chi connectivity index (χ0n) is 14.7. The molecule has 0 spiro atoms. The van der Waals surface area contributed by atoms with E-state index in [1.165, 1.54) is 10.4 Å². The molecule has 1 saturated heterocycles. The van der Waals surface area contributed by atoms with Crippen molar-refractivity contribution in [1.82, 2.24) is 4.31 Å². The normalized spacial score (nSPS) is 18.8. The lowest BCUT2D eigenvalue weighted by molar-refractivity contribution is 0.386. The van der Waals surface area contributed by atoms with Crippen LogP contribution in [0.25, 0.3) is 0 Å². The van der Waals surface area contributed by atoms with Gasteiger partial charge in [0.1, 0.15) is 5.82 Å². The van der Waals surface area contributed by atoms with Gasteiger partial charge in [-0.2, -0.15) is 4.31 Å². The van der Waals surface area contributed by atoms with Crippen molar-refractivity contribution in [2.45, 2.75) is 44.0 Å². The van der Waals surface area contributed by atoms with Crippen molar-refractivity contribution in [2.75, 3.05) is 6.54 Å². The predicted octanol–water partition coefficient (Wildman–Crippen LogP) is 4.55. The quantitative estimate of drug-likeness (QED) is 0.783. The number of sulfonamides is 1. The van der Waals surface area contributed by atoms with Gasteiger partial charge in [-0.15, -0.1) is 0 Å². The Kier molecular flexibility index (Phi) is 5.25. The third kappa shape index (κ3) is 3.77. The average molecular weight is 361 g/mol. The predicted molar refractivity (Wildman–Crippen MR) is 97.3 cm³/mol. The molecule has 0 aromatic heterocycles. The molecule has 5 heteroatoms. The highest BCUT2D eigenvalue weighted by atomic mass is 32.2. The summed E-state index contributed by atoms with van der Waals surface area (Å²) in [6.45, 7) is 4.69. The van der Waals surface area contributed by atoms with E-state index in [1.807, 2.05) is 12.1 Å². The van der Waals surface area contributed by atoms with Crippen molar-refractivity contribution < 1.29 is 12.8 Å². The smallest absolute Gasteiger partial charge is 0.207 e. The molecule has 1 atom stereocenters. The summed E-state index contributed by atoms with van der Waals surface area (Å²) < 4.78 is 41.7. The van der Waals surface area contributed by atoms with Crippen molar-refractivity contribution in [3.05, 3.63) is 65.5 Å². The number of hydrogen-bond acceptors (Lipinski definition) is 2. The summed E-state index contributed by atoms with van der Waals surface area (Å²) in [7, 11) is -3.63. The molecule has 1 heterocycles. The van der Waals surface area contributed by atoms with Gasteiger partial charge in [-0.3, -0.25) is 0 Å². The Labute approximate surface area is 149 Å². The van der Waals surface area contributed by atoms with E-state index < -0.39 is 16.1 Å². The minimum atomic E-state index is -3.63. The summed E-state index contributed by atoms with van der Waals surface area (Å²) in [6.07, 6.45) is 2.30. The van der Waals surface area contributed by atoms with Crippen LogP contribution in [-0.2, 0) is 16.4 Å². The van der Waals surface area contributed by atoms with Crippen molar-refractivity contribution in [3.63, 3.8) is 0 Å². The van der Waals surface area contributed by atoms with Crippen molar-refractivity contribution in [3.8, 4) is 0 Å². The largest absolute Gasteiger partial charge is 0.243 e. The molecule has 0 aliphatic carbocycles. The van der Waals surface area contributed by atoms with Gasteiger partial charge in [0.05, 0.1) is 10.9 Å². The molecule has 0 amide bonds. The second kappa shape index (κ2) is 7.26. The molecule has 0 saturated carbocycles. The number of rotatable bonds is 5. The summed E-state index contributed by atoms with van der Waals surface area (Å²) in [5.41, 5.74) is 1.58. The van der Waals surface area contributed by atoms with Crippen LogP contribution in [0, 0.1) is 11.7 Å². The molecule has 0 bridgehead atoms. The highest BCUT2D eigenvalue weighted by Crippen LogP contribution is 2.37. The second-order valence-electron chi connectivity index (χ2n) is 7.04. The first kappa shape index (κ1) is 18.1. The molecule has 2 aromatic rings. The molecule has 0 N–H and O–H groups in total. The first-order chi connectivity index (χ1) is 11.9. The van der Waals surface area contributed by atoms with E-state index in [1.54, 1.807) is 30.3 Å². The Balaban J connectivity index is 1.89. The van der Waals surface area contributed by atoms with Gasteiger partial charge < -0.3 is 0 Å². The van der Waals surface area contributed by atoms with E-state index in [0.29, 0.717) is 24.4 Å². The monoisotopic (exact) mass is 361 g/mol. The summed E-state index contributed by atoms with van der Waals surface area (Å²) in [4.78, 5) is 0.281. The number of nitrogens with zero attached hydrogens (tertiary/aromatic N) is 1. The van der Waals surface area contributed by atoms with Gasteiger partial charge in [0, 0.05) is 12.1 Å². The maximum absolute atomic E-state index is 14.2. The molecule has 134 valence electrons. The lowest BCUT2D eigenvalue weighted by atomic mass is 10.0. The molecule has 3 rings (SSSR count). The van der Waals surface area contributed by atoms with Crippen LogP contribution in [0.3, 0.4) is 0 Å². The average Bonchev–Trinajstić information content (AvgIpc) is 3.05. The molecule has 0 radical (unpaired) electrons. The van der Waals surface area contributed by atoms with E-state index in [-0.39, 0.29) is 10.7 Å². The maximum Gasteiger partial charge on any atom is 0.243 e. The number of hydrogen-bond donors (Lipinski definition) is 0. The summed E-state index contributed by atoms with van der Waals surface area (Å²) in [6, 6.07) is 13.1. The van der Waals surface area contributed by atoms with Crippen LogP contribution in [0.1, 0.15) is 43.9 Å². The topological polar surface area (TPSA) is 37.4 Å². The molecule has 25 heavy (non-hydrogen) atoms. The van der Waals surface area contributed by atoms with Crippen molar-refractivity contribution in [1.29, 1.82) is 0 Å². The Hall–Kier alpha value is -1.72. The van der Waals surface area contributed by atoms with Gasteiger partial charge in [0.2, 0.25) is 10.0 Å². The first-order valence-electron chi connectivity index (χ1n) is 8.75. The Morgan fingerprint density at radius 2 is 1.80 bits per heavy atom. The van der Waals surface area contributed by atoms with Gasteiger partial charge in [0.25, 0.3) is 0 Å². The zero-order chi connectivity index (χ0) is 18.0. The molecular formula is C20H24FNO2S. The molecule has 1 aliphatic heterocycles. The fraction of sp³-hybridized carbons (Fsp3) is 0.400. The van der Waals surface area contributed by atoms with Crippen LogP contribution in [0.5, 0.6) is 0 Å². The first-order valence-corrected chi connectivity index (χ1v) is 10.2. The van der Waals surface area contributed by atoms with E-state index in [9.17, 15) is 12.8 Å². The summed E-state index contributed by atoms with van der Waals surface area (Å²) in [5, 5.41) is 0. The molecular weight excluding hydrogens is 337 g/mol. The molecule has 1 aliphatic rings. The van der Waals surface area contributed by atoms with Gasteiger partial charge in [-0.25, -0.2) is 12.8 Å². The third-order valence-corrected chi connectivity index (χ3v) is 6.56. The lowest BCUT2D eigenvalue weighted by Crippen LogP contribution is -2.31. The van der Waals surface area contributed by atoms with E-state index in [0.717, 1.165) is 18.4 Å². The second-order valence-corrected chi connectivity index (χ2v) is 8.93. The van der Waals surface area contributed by atoms with Crippen LogP contribution in [-0.4, -0.2) is 19.3 Å². The van der Waals surface area contributed by atoms with Crippen LogP contribution >= 0.6 is 0 Å². The lowest BCUT2D eigenvalue weighted by Gasteiger charge is -2.25. The molecule has 3 nitrogen and oxygen atoms in total. The number of halogens is 1. The third-order valence-electron chi connectivity index (χ3n) is 4.64. The van der Waals surface area contributed by atoms with Gasteiger partial charge >= 0.3 is 0 Å². The SMILES string of the molecule is CC(C)Cc1ccc(S(=O)(=O)N2CCC[C@@H]2c2ccccc2F)cc1. The Morgan fingerprint density at radius 1 is 1.12 bits per heavy atom. The zero-order valence-corrected chi connectivity index (χ0v) is 15.5. The van der Waals surface area contributed by atoms with Gasteiger partial charge in [0.15, 0.2) is 0 Å². The Bertz CT molecular complexity index is 831.